The van der Waals surface area contributed by atoms with Crippen LogP contribution in [-0.4, -0.2) is 59.9 Å². The summed E-state index contributed by atoms with van der Waals surface area (Å²) in [5.41, 5.74) is 0.0299. The number of anilines is 1. The van der Waals surface area contributed by atoms with Gasteiger partial charge in [-0.25, -0.2) is 17.6 Å². The van der Waals surface area contributed by atoms with Crippen molar-refractivity contribution in [3.8, 4) is 5.75 Å². The average molecular weight is 748 g/mol. The minimum absolute atomic E-state index is 0.0489. The Bertz CT molecular complexity index is 1930. The van der Waals surface area contributed by atoms with Gasteiger partial charge < -0.3 is 20.1 Å². The predicted octanol–water partition coefficient (Wildman–Crippen LogP) is 7.92. The Morgan fingerprint density at radius 1 is 1.08 bits per heavy atom. The largest absolute Gasteiger partial charge is 0.496 e. The lowest BCUT2D eigenvalue weighted by molar-refractivity contribution is -0.156. The van der Waals surface area contributed by atoms with Gasteiger partial charge >= 0.3 is 5.97 Å². The first-order chi connectivity index (χ1) is 23.3. The topological polar surface area (TPSA) is 130 Å². The molecule has 13 heteroatoms. The van der Waals surface area contributed by atoms with Crippen LogP contribution in [0.5, 0.6) is 5.75 Å². The molecule has 3 aromatic carbocycles. The number of amides is 2. The molecule has 1 saturated heterocycles. The first kappa shape index (κ1) is 37.6. The fourth-order valence-corrected chi connectivity index (χ4v) is 8.55. The molecular weight excluding hydrogens is 706 g/mol. The standard InChI is InChI=1S/C37H41Cl2FN2O7S/c1-36(2,3)50(47,48)20-30(21-9-10-21)42-33(23-11-14-28(39)29(40)16-23)27(22-7-6-8-24(38)15-22)18-37(4,35(42)46)19-32(43)41-25-12-13-26(34(44)45)31(17-25)49-5/h6-8,11-17,21,27,30,33H,9-10,18-20H2,1-5H3,(H,41,43)(H,44,45)/t27-,30-,33-,37+/m1/s1. The quantitative estimate of drug-likeness (QED) is 0.204. The van der Waals surface area contributed by atoms with E-state index >= 15 is 9.18 Å². The summed E-state index contributed by atoms with van der Waals surface area (Å²) in [6, 6.07) is 14.1. The van der Waals surface area contributed by atoms with Gasteiger partial charge in [0.2, 0.25) is 11.8 Å². The van der Waals surface area contributed by atoms with E-state index in [-0.39, 0.29) is 46.5 Å². The van der Waals surface area contributed by atoms with E-state index in [0.717, 1.165) is 5.56 Å². The molecule has 0 spiro atoms. The van der Waals surface area contributed by atoms with E-state index in [2.05, 4.69) is 5.32 Å². The molecule has 0 unspecified atom stereocenters. The number of sulfone groups is 1. The maximum absolute atomic E-state index is 15.2. The van der Waals surface area contributed by atoms with Crippen LogP contribution in [0.15, 0.2) is 60.7 Å². The van der Waals surface area contributed by atoms with Gasteiger partial charge in [0.15, 0.2) is 9.84 Å². The monoisotopic (exact) mass is 746 g/mol. The Hall–Kier alpha value is -3.67. The Labute approximate surface area is 302 Å². The molecule has 268 valence electrons. The summed E-state index contributed by atoms with van der Waals surface area (Å²) in [6.07, 6.45) is 1.29. The fourth-order valence-electron chi connectivity index (χ4n) is 6.85. The van der Waals surface area contributed by atoms with Crippen molar-refractivity contribution in [2.24, 2.45) is 11.3 Å². The third-order valence-electron chi connectivity index (χ3n) is 9.78. The second-order valence-corrected chi connectivity index (χ2v) is 18.1. The van der Waals surface area contributed by atoms with Crippen molar-refractivity contribution < 1.29 is 37.0 Å². The van der Waals surface area contributed by atoms with Crippen molar-refractivity contribution in [3.63, 3.8) is 0 Å². The van der Waals surface area contributed by atoms with Crippen LogP contribution in [0, 0.1) is 17.2 Å². The number of carbonyl (C=O) groups is 3. The molecule has 1 saturated carbocycles. The van der Waals surface area contributed by atoms with E-state index in [1.807, 2.05) is 6.07 Å². The van der Waals surface area contributed by atoms with Gasteiger partial charge in [0.1, 0.15) is 17.1 Å². The van der Waals surface area contributed by atoms with Crippen LogP contribution >= 0.6 is 23.2 Å². The fraction of sp³-hybridized carbons (Fsp3) is 0.432. The van der Waals surface area contributed by atoms with Gasteiger partial charge in [-0.1, -0.05) is 48.3 Å². The van der Waals surface area contributed by atoms with E-state index in [9.17, 15) is 23.1 Å². The number of piperidine rings is 1. The zero-order valence-corrected chi connectivity index (χ0v) is 30.8. The van der Waals surface area contributed by atoms with Crippen molar-refractivity contribution in [2.75, 3.05) is 18.2 Å². The third kappa shape index (κ3) is 7.80. The number of methoxy groups -OCH3 is 1. The molecular formula is C37H41Cl2FN2O7S. The van der Waals surface area contributed by atoms with Crippen LogP contribution in [0.4, 0.5) is 10.1 Å². The number of carbonyl (C=O) groups excluding carboxylic acids is 2. The summed E-state index contributed by atoms with van der Waals surface area (Å²) in [7, 11) is -2.43. The normalized spacial score (nSPS) is 21.8. The minimum Gasteiger partial charge on any atom is -0.496 e. The first-order valence-electron chi connectivity index (χ1n) is 16.3. The van der Waals surface area contributed by atoms with Gasteiger partial charge in [0.25, 0.3) is 0 Å². The second kappa shape index (κ2) is 14.2. The van der Waals surface area contributed by atoms with Gasteiger partial charge in [-0.3, -0.25) is 9.59 Å². The minimum atomic E-state index is -3.74. The van der Waals surface area contributed by atoms with Gasteiger partial charge in [-0.2, -0.15) is 0 Å². The lowest BCUT2D eigenvalue weighted by Gasteiger charge is -2.52. The summed E-state index contributed by atoms with van der Waals surface area (Å²) in [5, 5.41) is 12.6. The number of nitrogens with zero attached hydrogens (tertiary/aromatic N) is 1. The highest BCUT2D eigenvalue weighted by Crippen LogP contribution is 2.54. The lowest BCUT2D eigenvalue weighted by Crippen LogP contribution is -2.59. The number of rotatable bonds is 11. The van der Waals surface area contributed by atoms with Gasteiger partial charge in [-0.15, -0.1) is 0 Å². The first-order valence-corrected chi connectivity index (χ1v) is 18.7. The van der Waals surface area contributed by atoms with Crippen molar-refractivity contribution >= 4 is 56.5 Å². The maximum Gasteiger partial charge on any atom is 0.339 e. The number of carboxylic acids is 1. The summed E-state index contributed by atoms with van der Waals surface area (Å²) in [6.45, 7) is 6.56. The zero-order chi connectivity index (χ0) is 36.8. The third-order valence-corrected chi connectivity index (χ3v) is 13.0. The molecule has 3 aromatic rings. The smallest absolute Gasteiger partial charge is 0.339 e. The van der Waals surface area contributed by atoms with Crippen molar-refractivity contribution in [3.05, 3.63) is 93.2 Å². The molecule has 1 aliphatic carbocycles. The Morgan fingerprint density at radius 3 is 2.36 bits per heavy atom. The molecule has 5 rings (SSSR count). The van der Waals surface area contributed by atoms with Crippen molar-refractivity contribution in [1.82, 2.24) is 4.90 Å². The average Bonchev–Trinajstić information content (AvgIpc) is 3.87. The lowest BCUT2D eigenvalue weighted by atomic mass is 9.66. The predicted molar refractivity (Wildman–Crippen MR) is 191 cm³/mol. The summed E-state index contributed by atoms with van der Waals surface area (Å²) in [5.74, 6) is -3.72. The Morgan fingerprint density at radius 2 is 1.78 bits per heavy atom. The molecule has 9 nitrogen and oxygen atoms in total. The Kier molecular flexibility index (Phi) is 10.6. The number of carboxylic acid groups (broad SMARTS) is 1. The van der Waals surface area contributed by atoms with Crippen LogP contribution in [-0.2, 0) is 19.4 Å². The molecule has 0 radical (unpaired) electrons. The van der Waals surface area contributed by atoms with Crippen LogP contribution in [0.3, 0.4) is 0 Å². The number of nitrogens with one attached hydrogen (secondary N) is 1. The van der Waals surface area contributed by atoms with Crippen molar-refractivity contribution in [2.45, 2.75) is 76.1 Å². The summed E-state index contributed by atoms with van der Waals surface area (Å²) < 4.78 is 46.9. The van der Waals surface area contributed by atoms with E-state index in [1.165, 1.54) is 37.4 Å². The molecule has 4 atom stereocenters. The maximum atomic E-state index is 15.2. The number of hydrogen-bond acceptors (Lipinski definition) is 6. The highest BCUT2D eigenvalue weighted by molar-refractivity contribution is 7.92. The number of aromatic carboxylic acids is 1. The molecule has 1 aliphatic heterocycles. The number of hydrogen-bond donors (Lipinski definition) is 2. The molecule has 0 bridgehead atoms. The van der Waals surface area contributed by atoms with Crippen LogP contribution in [0.25, 0.3) is 0 Å². The van der Waals surface area contributed by atoms with Gasteiger partial charge in [0.05, 0.1) is 34.1 Å². The van der Waals surface area contributed by atoms with Crippen LogP contribution < -0.4 is 10.1 Å². The Balaban J connectivity index is 1.63. The van der Waals surface area contributed by atoms with E-state index in [0.29, 0.717) is 23.4 Å². The van der Waals surface area contributed by atoms with E-state index < -0.39 is 61.6 Å². The molecule has 0 aromatic heterocycles. The highest BCUT2D eigenvalue weighted by atomic mass is 35.5. The molecule has 2 amide bonds. The summed E-state index contributed by atoms with van der Waals surface area (Å²) >= 11 is 12.6. The second-order valence-electron chi connectivity index (χ2n) is 14.5. The van der Waals surface area contributed by atoms with Gasteiger partial charge in [-0.05, 0) is 93.5 Å². The number of halogens is 3. The highest BCUT2D eigenvalue weighted by Gasteiger charge is 2.55. The van der Waals surface area contributed by atoms with E-state index in [4.69, 9.17) is 27.9 Å². The number of likely N-dealkylation sites (tertiary alicyclic amines) is 1. The van der Waals surface area contributed by atoms with E-state index in [1.54, 1.807) is 56.9 Å². The zero-order valence-electron chi connectivity index (χ0n) is 28.5. The molecule has 2 aliphatic rings. The molecule has 50 heavy (non-hydrogen) atoms. The van der Waals surface area contributed by atoms with Crippen molar-refractivity contribution in [1.29, 1.82) is 0 Å². The molecule has 2 N–H and O–H groups in total. The molecule has 2 fully saturated rings. The van der Waals surface area contributed by atoms with Crippen LogP contribution in [0.1, 0.15) is 86.8 Å². The number of ether oxygens (including phenoxy) is 1. The SMILES string of the molecule is COc1cc(NC(=O)C[C@]2(C)C[C@H](c3cccc(Cl)c3)[C@@H](c3ccc(Cl)c(F)c3)N([C@H](CS(=O)(=O)C(C)(C)C)C3CC3)C2=O)ccc1C(=O)O. The molecule has 1 heterocycles. The number of benzene rings is 3. The van der Waals surface area contributed by atoms with Gasteiger partial charge in [0, 0.05) is 35.2 Å². The van der Waals surface area contributed by atoms with Crippen LogP contribution in [0.2, 0.25) is 10.0 Å². The summed E-state index contributed by atoms with van der Waals surface area (Å²) in [4.78, 5) is 42.0.